The Hall–Kier alpha value is -1.84. The zero-order valence-electron chi connectivity index (χ0n) is 13.1. The van der Waals surface area contributed by atoms with Gasteiger partial charge in [0.15, 0.2) is 0 Å². The number of aryl methyl sites for hydroxylation is 2. The third kappa shape index (κ3) is 4.12. The van der Waals surface area contributed by atoms with Crippen LogP contribution in [0.1, 0.15) is 16.7 Å². The van der Waals surface area contributed by atoms with Gasteiger partial charge in [-0.15, -0.1) is 10.2 Å². The van der Waals surface area contributed by atoms with E-state index in [1.807, 2.05) is 36.4 Å². The molecule has 0 fully saturated rings. The van der Waals surface area contributed by atoms with E-state index in [1.54, 1.807) is 11.8 Å². The number of nitrogens with zero attached hydrogens (tertiary/aromatic N) is 2. The summed E-state index contributed by atoms with van der Waals surface area (Å²) in [5.41, 5.74) is 5.76. The van der Waals surface area contributed by atoms with Gasteiger partial charge < -0.3 is 0 Å². The lowest BCUT2D eigenvalue weighted by atomic mass is 10.0. The first-order valence-electron chi connectivity index (χ1n) is 7.40. The van der Waals surface area contributed by atoms with Crippen LogP contribution in [0.2, 0.25) is 5.02 Å². The summed E-state index contributed by atoms with van der Waals surface area (Å²) in [4.78, 5) is 0. The molecule has 23 heavy (non-hydrogen) atoms. The van der Waals surface area contributed by atoms with E-state index in [0.717, 1.165) is 27.1 Å². The summed E-state index contributed by atoms with van der Waals surface area (Å²) in [6.07, 6.45) is 0. The van der Waals surface area contributed by atoms with E-state index >= 15 is 0 Å². The molecule has 0 saturated heterocycles. The zero-order valence-corrected chi connectivity index (χ0v) is 14.7. The van der Waals surface area contributed by atoms with Crippen LogP contribution in [-0.4, -0.2) is 10.2 Å². The molecule has 0 saturated carbocycles. The van der Waals surface area contributed by atoms with E-state index in [4.69, 9.17) is 11.6 Å². The molecule has 1 aromatic heterocycles. The third-order valence-corrected chi connectivity index (χ3v) is 4.84. The predicted octanol–water partition coefficient (Wildman–Crippen LogP) is 5.71. The Morgan fingerprint density at radius 1 is 0.913 bits per heavy atom. The van der Waals surface area contributed by atoms with E-state index in [1.165, 1.54) is 16.7 Å². The highest BCUT2D eigenvalue weighted by molar-refractivity contribution is 7.98. The van der Waals surface area contributed by atoms with Crippen LogP contribution in [0.25, 0.3) is 11.3 Å². The zero-order chi connectivity index (χ0) is 16.2. The first kappa shape index (κ1) is 16.0. The average Bonchev–Trinajstić information content (AvgIpc) is 2.55. The SMILES string of the molecule is Cc1ccc(-c2ccc(SCc3ccc(Cl)cc3)nn2)c(C)c1. The minimum atomic E-state index is 0.761. The maximum Gasteiger partial charge on any atom is 0.119 e. The average molecular weight is 341 g/mol. The van der Waals surface area contributed by atoms with E-state index in [2.05, 4.69) is 42.2 Å². The van der Waals surface area contributed by atoms with Gasteiger partial charge >= 0.3 is 0 Å². The van der Waals surface area contributed by atoms with Crippen LogP contribution in [0.5, 0.6) is 0 Å². The van der Waals surface area contributed by atoms with Crippen molar-refractivity contribution in [3.63, 3.8) is 0 Å². The number of halogens is 1. The molecule has 0 bridgehead atoms. The van der Waals surface area contributed by atoms with Crippen molar-refractivity contribution >= 4 is 23.4 Å². The summed E-state index contributed by atoms with van der Waals surface area (Å²) in [6.45, 7) is 4.20. The molecule has 0 aliphatic carbocycles. The first-order chi connectivity index (χ1) is 11.1. The van der Waals surface area contributed by atoms with Crippen molar-refractivity contribution in [3.05, 3.63) is 76.3 Å². The van der Waals surface area contributed by atoms with Gasteiger partial charge in [-0.1, -0.05) is 59.3 Å². The number of thioether (sulfide) groups is 1. The van der Waals surface area contributed by atoms with Crippen LogP contribution in [-0.2, 0) is 5.75 Å². The smallest absolute Gasteiger partial charge is 0.119 e. The Balaban J connectivity index is 1.70. The third-order valence-electron chi connectivity index (χ3n) is 3.60. The number of rotatable bonds is 4. The molecule has 0 amide bonds. The monoisotopic (exact) mass is 340 g/mol. The van der Waals surface area contributed by atoms with Crippen molar-refractivity contribution in [2.75, 3.05) is 0 Å². The molecule has 4 heteroatoms. The topological polar surface area (TPSA) is 25.8 Å². The van der Waals surface area contributed by atoms with Crippen molar-refractivity contribution in [1.82, 2.24) is 10.2 Å². The highest BCUT2D eigenvalue weighted by Gasteiger charge is 2.05. The Labute approximate surface area is 145 Å². The normalized spacial score (nSPS) is 10.7. The van der Waals surface area contributed by atoms with Crippen LogP contribution in [0.3, 0.4) is 0 Å². The fourth-order valence-corrected chi connectivity index (χ4v) is 3.28. The summed E-state index contributed by atoms with van der Waals surface area (Å²) in [6, 6.07) is 18.3. The Morgan fingerprint density at radius 2 is 1.70 bits per heavy atom. The molecule has 0 spiro atoms. The van der Waals surface area contributed by atoms with Crippen molar-refractivity contribution in [3.8, 4) is 11.3 Å². The number of hydrogen-bond acceptors (Lipinski definition) is 3. The van der Waals surface area contributed by atoms with Gasteiger partial charge in [-0.3, -0.25) is 0 Å². The maximum absolute atomic E-state index is 5.90. The molecule has 0 aliphatic heterocycles. The molecule has 0 N–H and O–H groups in total. The summed E-state index contributed by atoms with van der Waals surface area (Å²) < 4.78 is 0. The van der Waals surface area contributed by atoms with Crippen molar-refractivity contribution in [2.24, 2.45) is 0 Å². The molecular formula is C19H17ClN2S. The van der Waals surface area contributed by atoms with E-state index < -0.39 is 0 Å². The second-order valence-electron chi connectivity index (χ2n) is 5.49. The van der Waals surface area contributed by atoms with E-state index in [9.17, 15) is 0 Å². The summed E-state index contributed by atoms with van der Waals surface area (Å²) in [5.74, 6) is 0.856. The first-order valence-corrected chi connectivity index (χ1v) is 8.77. The van der Waals surface area contributed by atoms with Crippen LogP contribution < -0.4 is 0 Å². The van der Waals surface area contributed by atoms with Crippen LogP contribution in [0.4, 0.5) is 0 Å². The summed E-state index contributed by atoms with van der Waals surface area (Å²) in [7, 11) is 0. The quantitative estimate of drug-likeness (QED) is 0.569. The molecule has 116 valence electrons. The molecule has 3 aromatic rings. The molecule has 3 rings (SSSR count). The fraction of sp³-hybridized carbons (Fsp3) is 0.158. The minimum Gasteiger partial charge on any atom is -0.149 e. The molecule has 1 heterocycles. The Kier molecular flexibility index (Phi) is 4.99. The van der Waals surface area contributed by atoms with Crippen LogP contribution >= 0.6 is 23.4 Å². The highest BCUT2D eigenvalue weighted by atomic mass is 35.5. The van der Waals surface area contributed by atoms with E-state index in [-0.39, 0.29) is 0 Å². The van der Waals surface area contributed by atoms with Crippen molar-refractivity contribution < 1.29 is 0 Å². The van der Waals surface area contributed by atoms with Gasteiger partial charge in [0.25, 0.3) is 0 Å². The van der Waals surface area contributed by atoms with Gasteiger partial charge in [-0.25, -0.2) is 0 Å². The standard InChI is InChI=1S/C19H17ClN2S/c1-13-3-8-17(14(2)11-13)18-9-10-19(22-21-18)23-12-15-4-6-16(20)7-5-15/h3-11H,12H2,1-2H3. The molecule has 0 unspecified atom stereocenters. The predicted molar refractivity (Wildman–Crippen MR) is 98.0 cm³/mol. The highest BCUT2D eigenvalue weighted by Crippen LogP contribution is 2.25. The molecule has 2 nitrogen and oxygen atoms in total. The summed E-state index contributed by atoms with van der Waals surface area (Å²) >= 11 is 7.57. The Morgan fingerprint density at radius 3 is 2.35 bits per heavy atom. The molecule has 0 aliphatic rings. The van der Waals surface area contributed by atoms with E-state index in [0.29, 0.717) is 0 Å². The number of hydrogen-bond donors (Lipinski definition) is 0. The van der Waals surface area contributed by atoms with Gasteiger partial charge in [0, 0.05) is 16.3 Å². The lowest BCUT2D eigenvalue weighted by molar-refractivity contribution is 0.934. The molecule has 0 radical (unpaired) electrons. The van der Waals surface area contributed by atoms with Crippen molar-refractivity contribution in [1.29, 1.82) is 0 Å². The minimum absolute atomic E-state index is 0.761. The molecular weight excluding hydrogens is 324 g/mol. The van der Waals surface area contributed by atoms with Gasteiger partial charge in [0.1, 0.15) is 5.03 Å². The fourth-order valence-electron chi connectivity index (χ4n) is 2.38. The van der Waals surface area contributed by atoms with Gasteiger partial charge in [-0.2, -0.15) is 0 Å². The maximum atomic E-state index is 5.90. The Bertz CT molecular complexity index is 799. The number of aromatic nitrogens is 2. The van der Waals surface area contributed by atoms with Crippen molar-refractivity contribution in [2.45, 2.75) is 24.6 Å². The van der Waals surface area contributed by atoms with Crippen LogP contribution in [0, 0.1) is 13.8 Å². The van der Waals surface area contributed by atoms with Gasteiger partial charge in [0.2, 0.25) is 0 Å². The lowest BCUT2D eigenvalue weighted by Gasteiger charge is -2.06. The second kappa shape index (κ2) is 7.16. The van der Waals surface area contributed by atoms with Crippen LogP contribution in [0.15, 0.2) is 59.6 Å². The largest absolute Gasteiger partial charge is 0.149 e. The summed E-state index contributed by atoms with van der Waals surface area (Å²) in [5, 5.41) is 10.4. The number of benzene rings is 2. The molecule has 2 aromatic carbocycles. The lowest BCUT2D eigenvalue weighted by Crippen LogP contribution is -1.92. The molecule has 0 atom stereocenters. The second-order valence-corrected chi connectivity index (χ2v) is 6.92. The van der Waals surface area contributed by atoms with Gasteiger partial charge in [0.05, 0.1) is 5.69 Å². The van der Waals surface area contributed by atoms with Gasteiger partial charge in [-0.05, 0) is 49.2 Å².